The van der Waals surface area contributed by atoms with Gasteiger partial charge >= 0.3 is 5.97 Å². The first kappa shape index (κ1) is 35.9. The van der Waals surface area contributed by atoms with E-state index < -0.39 is 23.0 Å². The van der Waals surface area contributed by atoms with Crippen molar-refractivity contribution in [3.05, 3.63) is 77.1 Å². The van der Waals surface area contributed by atoms with E-state index in [4.69, 9.17) is 14.2 Å². The van der Waals surface area contributed by atoms with Crippen LogP contribution in [0.4, 0.5) is 0 Å². The third-order valence-corrected chi connectivity index (χ3v) is 7.65. The van der Waals surface area contributed by atoms with Crippen LogP contribution < -0.4 is 10.1 Å². The Morgan fingerprint density at radius 3 is 2.31 bits per heavy atom. The molecule has 0 aromatic heterocycles. The molecule has 7 nitrogen and oxygen atoms in total. The Morgan fingerprint density at radius 1 is 1.00 bits per heavy atom. The van der Waals surface area contributed by atoms with Crippen molar-refractivity contribution in [2.75, 3.05) is 6.61 Å². The summed E-state index contributed by atoms with van der Waals surface area (Å²) in [6, 6.07) is 6.75. The van der Waals surface area contributed by atoms with Gasteiger partial charge in [0.25, 0.3) is 0 Å². The van der Waals surface area contributed by atoms with Crippen LogP contribution in [0.15, 0.2) is 71.6 Å². The van der Waals surface area contributed by atoms with E-state index >= 15 is 0 Å². The van der Waals surface area contributed by atoms with Crippen LogP contribution >= 0.6 is 0 Å². The van der Waals surface area contributed by atoms with Crippen molar-refractivity contribution in [2.45, 2.75) is 124 Å². The van der Waals surface area contributed by atoms with Crippen molar-refractivity contribution in [3.8, 4) is 5.75 Å². The van der Waals surface area contributed by atoms with E-state index in [1.54, 1.807) is 12.2 Å². The number of carbonyl (C=O) groups excluding carboxylic acids is 3. The summed E-state index contributed by atoms with van der Waals surface area (Å²) < 4.78 is 17.9. The quantitative estimate of drug-likeness (QED) is 0.129. The first-order valence-electron chi connectivity index (χ1n) is 16.2. The number of allylic oxidation sites excluding steroid dienone is 6. The number of rotatable bonds is 14. The van der Waals surface area contributed by atoms with Gasteiger partial charge in [-0.3, -0.25) is 9.59 Å². The number of fused-ring (bicyclic) bond motifs is 1. The predicted octanol–water partition coefficient (Wildman–Crippen LogP) is 7.90. The van der Waals surface area contributed by atoms with Gasteiger partial charge in [0, 0.05) is 28.6 Å². The molecule has 3 rings (SSSR count). The van der Waals surface area contributed by atoms with E-state index in [0.717, 1.165) is 65.9 Å². The maximum Gasteiger partial charge on any atom is 0.329 e. The lowest BCUT2D eigenvalue weighted by Gasteiger charge is -2.29. The molecule has 1 N–H and O–H groups in total. The summed E-state index contributed by atoms with van der Waals surface area (Å²) in [6.07, 6.45) is 11.3. The summed E-state index contributed by atoms with van der Waals surface area (Å²) in [4.78, 5) is 39.4. The largest absolute Gasteiger partial charge is 0.493 e. The van der Waals surface area contributed by atoms with Crippen LogP contribution in [-0.4, -0.2) is 41.5 Å². The number of hydrogen-bond acceptors (Lipinski definition) is 6. The fraction of sp³-hybridized carbons (Fsp3) is 0.553. The lowest BCUT2D eigenvalue weighted by Crippen LogP contribution is -2.49. The van der Waals surface area contributed by atoms with Gasteiger partial charge < -0.3 is 19.5 Å². The molecular weight excluding hydrogens is 566 g/mol. The van der Waals surface area contributed by atoms with E-state index in [1.807, 2.05) is 85.7 Å². The first-order chi connectivity index (χ1) is 21.0. The van der Waals surface area contributed by atoms with Crippen LogP contribution in [0.3, 0.4) is 0 Å². The highest BCUT2D eigenvalue weighted by atomic mass is 16.6. The molecule has 1 unspecified atom stereocenters. The average molecular weight is 620 g/mol. The van der Waals surface area contributed by atoms with E-state index in [1.165, 1.54) is 0 Å². The third kappa shape index (κ3) is 11.1. The van der Waals surface area contributed by atoms with Crippen molar-refractivity contribution in [3.63, 3.8) is 0 Å². The number of ketones is 1. The highest BCUT2D eigenvalue weighted by molar-refractivity contribution is 6.10. The van der Waals surface area contributed by atoms with Gasteiger partial charge in [-0.15, -0.1) is 6.58 Å². The smallest absolute Gasteiger partial charge is 0.329 e. The van der Waals surface area contributed by atoms with Crippen molar-refractivity contribution in [2.24, 2.45) is 5.41 Å². The summed E-state index contributed by atoms with van der Waals surface area (Å²) in [5.41, 5.74) is 1.84. The zero-order valence-corrected chi connectivity index (χ0v) is 28.6. The number of benzene rings is 1. The van der Waals surface area contributed by atoms with Gasteiger partial charge in [-0.1, -0.05) is 38.1 Å². The summed E-state index contributed by atoms with van der Waals surface area (Å²) in [7, 11) is 0. The maximum atomic E-state index is 13.5. The number of hydrogen-bond donors (Lipinski definition) is 1. The standard InChI is InChI=1S/C38H53NO6/c1-10-15-27-25-32(40)29-16-11-12-17-30(29)33(27)43-23-14-13-22-38(8,9)35(42)39-31(34(41)45-37(5,6)7)24-26-18-20-28(21-19-26)44-36(2,3)4/h10,16,18-21,25,31H,1,11-15,17,22-24H2,2-9H3,(H,39,42). The van der Waals surface area contributed by atoms with Crippen molar-refractivity contribution >= 4 is 17.7 Å². The average Bonchev–Trinajstić information content (AvgIpc) is 2.93. The van der Waals surface area contributed by atoms with Gasteiger partial charge in [-0.25, -0.2) is 4.79 Å². The molecule has 2 aliphatic carbocycles. The molecule has 246 valence electrons. The topological polar surface area (TPSA) is 90.9 Å². The number of nitrogens with one attached hydrogen (secondary N) is 1. The van der Waals surface area contributed by atoms with Crippen molar-refractivity contribution < 1.29 is 28.6 Å². The fourth-order valence-corrected chi connectivity index (χ4v) is 5.41. The maximum absolute atomic E-state index is 13.5. The van der Waals surface area contributed by atoms with Crippen molar-refractivity contribution in [1.82, 2.24) is 5.32 Å². The van der Waals surface area contributed by atoms with E-state index in [9.17, 15) is 14.4 Å². The second-order valence-corrected chi connectivity index (χ2v) is 14.7. The molecule has 0 bridgehead atoms. The Morgan fingerprint density at radius 2 is 1.69 bits per heavy atom. The molecule has 0 saturated heterocycles. The molecular formula is C38H53NO6. The second-order valence-electron chi connectivity index (χ2n) is 14.7. The van der Waals surface area contributed by atoms with Gasteiger partial charge in [0.2, 0.25) is 5.91 Å². The molecule has 0 radical (unpaired) electrons. The zero-order chi connectivity index (χ0) is 33.4. The molecule has 0 fully saturated rings. The Balaban J connectivity index is 1.61. The third-order valence-electron chi connectivity index (χ3n) is 7.65. The lowest BCUT2D eigenvalue weighted by atomic mass is 9.83. The van der Waals surface area contributed by atoms with Crippen LogP contribution in [0.2, 0.25) is 0 Å². The van der Waals surface area contributed by atoms with Crippen molar-refractivity contribution in [1.29, 1.82) is 0 Å². The second kappa shape index (κ2) is 15.1. The molecule has 0 saturated carbocycles. The number of carbonyl (C=O) groups is 3. The van der Waals surface area contributed by atoms with Crippen LogP contribution in [0.25, 0.3) is 0 Å². The summed E-state index contributed by atoms with van der Waals surface area (Å²) in [5, 5.41) is 2.99. The summed E-state index contributed by atoms with van der Waals surface area (Å²) in [5.74, 6) is 0.950. The summed E-state index contributed by atoms with van der Waals surface area (Å²) in [6.45, 7) is 19.5. The number of ether oxygens (including phenoxy) is 3. The van der Waals surface area contributed by atoms with E-state index in [0.29, 0.717) is 25.9 Å². The SMILES string of the molecule is C=CCC1=CC(=O)C2=CCCCC2=C1OCCCCC(C)(C)C(=O)NC(Cc1ccc(OC(C)(C)C)cc1)C(=O)OC(C)(C)C. The minimum Gasteiger partial charge on any atom is -0.493 e. The molecule has 0 heterocycles. The van der Waals surface area contributed by atoms with Crippen LogP contribution in [0, 0.1) is 5.41 Å². The molecule has 0 spiro atoms. The van der Waals surface area contributed by atoms with Crippen LogP contribution in [0.5, 0.6) is 5.75 Å². The minimum absolute atomic E-state index is 0.0536. The fourth-order valence-electron chi connectivity index (χ4n) is 5.41. The highest BCUT2D eigenvalue weighted by Gasteiger charge is 2.33. The number of esters is 1. The zero-order valence-electron chi connectivity index (χ0n) is 28.6. The monoisotopic (exact) mass is 619 g/mol. The molecule has 1 aromatic carbocycles. The molecule has 7 heteroatoms. The molecule has 1 aromatic rings. The Labute approximate surface area is 270 Å². The van der Waals surface area contributed by atoms with Crippen LogP contribution in [-0.2, 0) is 30.3 Å². The van der Waals surface area contributed by atoms with E-state index in [2.05, 4.69) is 11.9 Å². The van der Waals surface area contributed by atoms with Gasteiger partial charge in [0.1, 0.15) is 28.8 Å². The normalized spacial score (nSPS) is 16.2. The minimum atomic E-state index is -0.830. The van der Waals surface area contributed by atoms with Gasteiger partial charge in [0.15, 0.2) is 5.78 Å². The first-order valence-corrected chi connectivity index (χ1v) is 16.2. The molecule has 45 heavy (non-hydrogen) atoms. The lowest BCUT2D eigenvalue weighted by molar-refractivity contribution is -0.159. The molecule has 1 amide bonds. The van der Waals surface area contributed by atoms with E-state index in [-0.39, 0.29) is 17.3 Å². The highest BCUT2D eigenvalue weighted by Crippen LogP contribution is 2.36. The molecule has 2 aliphatic rings. The van der Waals surface area contributed by atoms with Crippen LogP contribution in [0.1, 0.15) is 106 Å². The summed E-state index contributed by atoms with van der Waals surface area (Å²) >= 11 is 0. The molecule has 0 aliphatic heterocycles. The molecule has 1 atom stereocenters. The van der Waals surface area contributed by atoms with Gasteiger partial charge in [0.05, 0.1) is 6.61 Å². The number of unbranched alkanes of at least 4 members (excludes halogenated alkanes) is 1. The predicted molar refractivity (Wildman–Crippen MR) is 179 cm³/mol. The Hall–Kier alpha value is -3.61. The Kier molecular flexibility index (Phi) is 12.0. The Bertz CT molecular complexity index is 1330. The van der Waals surface area contributed by atoms with Gasteiger partial charge in [-0.05, 0) is 110 Å². The number of amides is 1. The van der Waals surface area contributed by atoms with Gasteiger partial charge in [-0.2, -0.15) is 0 Å².